The molecule has 196 valence electrons. The first-order valence-electron chi connectivity index (χ1n) is 11.1. The van der Waals surface area contributed by atoms with Crippen LogP contribution in [0.2, 0.25) is 5.02 Å². The van der Waals surface area contributed by atoms with Crippen LogP contribution in [-0.4, -0.2) is 59.4 Å². The zero-order chi connectivity index (χ0) is 26.4. The Bertz CT molecular complexity index is 1270. The SMILES string of the molecule is O=C1CN(C(=O)Cn2ccc(C(F)(F)F)n2)CCOCCOc2ccccc2Oc2ccc(Cl)cc2N1. The minimum absolute atomic E-state index is 0.00907. The van der Waals surface area contributed by atoms with Crippen LogP contribution >= 0.6 is 11.6 Å². The van der Waals surface area contributed by atoms with Gasteiger partial charge in [0, 0.05) is 17.8 Å². The lowest BCUT2D eigenvalue weighted by atomic mass is 10.2. The maximum Gasteiger partial charge on any atom is 0.435 e. The first kappa shape index (κ1) is 26.3. The second-order valence-corrected chi connectivity index (χ2v) is 8.35. The van der Waals surface area contributed by atoms with Gasteiger partial charge in [-0.15, -0.1) is 0 Å². The first-order chi connectivity index (χ1) is 17.7. The highest BCUT2D eigenvalue weighted by atomic mass is 35.5. The number of hydrogen-bond acceptors (Lipinski definition) is 6. The molecule has 13 heteroatoms. The summed E-state index contributed by atoms with van der Waals surface area (Å²) in [6.45, 7) is -0.442. The van der Waals surface area contributed by atoms with E-state index in [1.54, 1.807) is 36.4 Å². The summed E-state index contributed by atoms with van der Waals surface area (Å²) in [5, 5.41) is 6.41. The zero-order valence-corrected chi connectivity index (χ0v) is 20.1. The third-order valence-electron chi connectivity index (χ3n) is 5.19. The van der Waals surface area contributed by atoms with E-state index in [1.807, 2.05) is 0 Å². The number of hydrogen-bond donors (Lipinski definition) is 1. The molecule has 2 amide bonds. The van der Waals surface area contributed by atoms with Crippen molar-refractivity contribution in [1.82, 2.24) is 14.7 Å². The number of amides is 2. The molecule has 0 saturated carbocycles. The normalized spacial score (nSPS) is 15.2. The van der Waals surface area contributed by atoms with Crippen LogP contribution in [0.1, 0.15) is 5.69 Å². The Morgan fingerprint density at radius 1 is 1.05 bits per heavy atom. The first-order valence-corrected chi connectivity index (χ1v) is 11.5. The van der Waals surface area contributed by atoms with Gasteiger partial charge in [0.05, 0.1) is 18.9 Å². The molecule has 0 spiro atoms. The van der Waals surface area contributed by atoms with E-state index < -0.39 is 36.8 Å². The molecule has 1 N–H and O–H groups in total. The van der Waals surface area contributed by atoms with Gasteiger partial charge >= 0.3 is 6.18 Å². The summed E-state index contributed by atoms with van der Waals surface area (Å²) in [5.74, 6) is -0.0386. The largest absolute Gasteiger partial charge is 0.487 e. The second-order valence-electron chi connectivity index (χ2n) is 7.91. The van der Waals surface area contributed by atoms with Crippen molar-refractivity contribution in [1.29, 1.82) is 0 Å². The molecule has 0 radical (unpaired) electrons. The van der Waals surface area contributed by atoms with Crippen molar-refractivity contribution in [3.8, 4) is 17.2 Å². The molecule has 2 aromatic carbocycles. The predicted octanol–water partition coefficient (Wildman–Crippen LogP) is 4.22. The van der Waals surface area contributed by atoms with Crippen LogP contribution in [0.3, 0.4) is 0 Å². The van der Waals surface area contributed by atoms with Crippen molar-refractivity contribution in [3.63, 3.8) is 0 Å². The Kier molecular flexibility index (Phi) is 8.19. The number of benzene rings is 2. The average Bonchev–Trinajstić information content (AvgIpc) is 3.31. The maximum atomic E-state index is 12.9. The summed E-state index contributed by atoms with van der Waals surface area (Å²) >= 11 is 6.12. The van der Waals surface area contributed by atoms with E-state index >= 15 is 0 Å². The van der Waals surface area contributed by atoms with Crippen LogP contribution in [0, 0.1) is 0 Å². The summed E-state index contributed by atoms with van der Waals surface area (Å²) in [6, 6.07) is 12.4. The molecule has 1 aromatic heterocycles. The summed E-state index contributed by atoms with van der Waals surface area (Å²) in [5.41, 5.74) is -0.861. The van der Waals surface area contributed by atoms with Crippen molar-refractivity contribution >= 4 is 29.1 Å². The van der Waals surface area contributed by atoms with Gasteiger partial charge in [-0.05, 0) is 36.4 Å². The Hall–Kier alpha value is -3.77. The fourth-order valence-electron chi connectivity index (χ4n) is 3.44. The molecular weight excluding hydrogens is 517 g/mol. The van der Waals surface area contributed by atoms with Crippen LogP contribution in [0.5, 0.6) is 17.2 Å². The van der Waals surface area contributed by atoms with E-state index in [1.165, 1.54) is 11.0 Å². The van der Waals surface area contributed by atoms with E-state index in [0.29, 0.717) is 16.5 Å². The van der Waals surface area contributed by atoms with Gasteiger partial charge < -0.3 is 24.4 Å². The van der Waals surface area contributed by atoms with E-state index in [9.17, 15) is 22.8 Å². The van der Waals surface area contributed by atoms with Crippen LogP contribution in [0.25, 0.3) is 0 Å². The highest BCUT2D eigenvalue weighted by Crippen LogP contribution is 2.36. The molecule has 0 saturated heterocycles. The topological polar surface area (TPSA) is 94.9 Å². The number of alkyl halides is 3. The minimum atomic E-state index is -4.64. The molecule has 2 heterocycles. The molecular formula is C24H22ClF3N4O5. The predicted molar refractivity (Wildman–Crippen MR) is 127 cm³/mol. The smallest absolute Gasteiger partial charge is 0.435 e. The lowest BCUT2D eigenvalue weighted by molar-refractivity contribution is -0.142. The molecule has 0 atom stereocenters. The molecule has 3 aromatic rings. The Balaban J connectivity index is 1.54. The molecule has 4 rings (SSSR count). The monoisotopic (exact) mass is 538 g/mol. The number of rotatable bonds is 2. The number of nitrogens with one attached hydrogen (secondary N) is 1. The number of carbonyl (C=O) groups is 2. The minimum Gasteiger partial charge on any atom is -0.487 e. The van der Waals surface area contributed by atoms with E-state index in [4.69, 9.17) is 25.8 Å². The van der Waals surface area contributed by atoms with Crippen molar-refractivity contribution in [2.24, 2.45) is 0 Å². The third-order valence-corrected chi connectivity index (χ3v) is 5.43. The molecule has 1 aliphatic rings. The van der Waals surface area contributed by atoms with Gasteiger partial charge in [-0.3, -0.25) is 14.3 Å². The number of anilines is 1. The number of carbonyl (C=O) groups excluding carboxylic acids is 2. The molecule has 0 aliphatic carbocycles. The van der Waals surface area contributed by atoms with Gasteiger partial charge in [0.15, 0.2) is 22.9 Å². The second kappa shape index (κ2) is 11.5. The lowest BCUT2D eigenvalue weighted by Crippen LogP contribution is -2.42. The quantitative estimate of drug-likeness (QED) is 0.525. The van der Waals surface area contributed by atoms with Crippen molar-refractivity contribution < 1.29 is 37.0 Å². The Labute approximate surface area is 214 Å². The molecule has 37 heavy (non-hydrogen) atoms. The van der Waals surface area contributed by atoms with Gasteiger partial charge in [0.2, 0.25) is 11.8 Å². The number of ether oxygens (including phenoxy) is 3. The van der Waals surface area contributed by atoms with Crippen LogP contribution in [0.4, 0.5) is 18.9 Å². The van der Waals surface area contributed by atoms with Crippen molar-refractivity contribution in [2.75, 3.05) is 38.2 Å². The number of nitrogens with zero attached hydrogens (tertiary/aromatic N) is 3. The zero-order valence-electron chi connectivity index (χ0n) is 19.3. The van der Waals surface area contributed by atoms with Gasteiger partial charge in [-0.2, -0.15) is 18.3 Å². The molecule has 1 aliphatic heterocycles. The fourth-order valence-corrected chi connectivity index (χ4v) is 3.62. The summed E-state index contributed by atoms with van der Waals surface area (Å²) in [7, 11) is 0. The standard InChI is InChI=1S/C24H22ClF3N4O5/c25-16-5-6-18-17(13-16)29-22(33)14-31(23(34)15-32-8-7-21(30-32)24(26,27)28)9-10-35-11-12-36-19-3-1-2-4-20(19)37-18/h1-8,13H,9-12,14-15H2,(H,29,33). The van der Waals surface area contributed by atoms with Crippen LogP contribution < -0.4 is 14.8 Å². The van der Waals surface area contributed by atoms with Gasteiger partial charge in [0.1, 0.15) is 19.7 Å². The van der Waals surface area contributed by atoms with Gasteiger partial charge in [-0.25, -0.2) is 0 Å². The highest BCUT2D eigenvalue weighted by Gasteiger charge is 2.33. The fraction of sp³-hybridized carbons (Fsp3) is 0.292. The lowest BCUT2D eigenvalue weighted by Gasteiger charge is -2.22. The number of para-hydroxylation sites is 2. The van der Waals surface area contributed by atoms with Gasteiger partial charge in [-0.1, -0.05) is 23.7 Å². The van der Waals surface area contributed by atoms with Crippen molar-refractivity contribution in [3.05, 3.63) is 65.4 Å². The van der Waals surface area contributed by atoms with Gasteiger partial charge in [0.25, 0.3) is 0 Å². The number of halogens is 4. The number of fused-ring (bicyclic) bond motifs is 2. The number of aromatic nitrogens is 2. The van der Waals surface area contributed by atoms with E-state index in [-0.39, 0.29) is 37.8 Å². The molecule has 0 fully saturated rings. The average molecular weight is 539 g/mol. The third kappa shape index (κ3) is 7.14. The Morgan fingerprint density at radius 2 is 1.84 bits per heavy atom. The molecule has 9 nitrogen and oxygen atoms in total. The highest BCUT2D eigenvalue weighted by molar-refractivity contribution is 6.31. The summed E-state index contributed by atoms with van der Waals surface area (Å²) in [6.07, 6.45) is -3.58. The van der Waals surface area contributed by atoms with Crippen LogP contribution in [0.15, 0.2) is 54.7 Å². The summed E-state index contributed by atoms with van der Waals surface area (Å²) < 4.78 is 56.7. The van der Waals surface area contributed by atoms with E-state index in [0.717, 1.165) is 16.9 Å². The molecule has 0 unspecified atom stereocenters. The summed E-state index contributed by atoms with van der Waals surface area (Å²) in [4.78, 5) is 27.0. The van der Waals surface area contributed by atoms with E-state index in [2.05, 4.69) is 10.4 Å². The molecule has 0 bridgehead atoms. The van der Waals surface area contributed by atoms with Crippen LogP contribution in [-0.2, 0) is 27.0 Å². The Morgan fingerprint density at radius 3 is 2.59 bits per heavy atom. The maximum absolute atomic E-state index is 12.9. The van der Waals surface area contributed by atoms with Crippen molar-refractivity contribution in [2.45, 2.75) is 12.7 Å².